The van der Waals surface area contributed by atoms with Crippen LogP contribution in [-0.2, 0) is 4.79 Å². The molecule has 1 aliphatic rings. The Morgan fingerprint density at radius 1 is 1.50 bits per heavy atom. The summed E-state index contributed by atoms with van der Waals surface area (Å²) < 4.78 is 0. The van der Waals surface area contributed by atoms with Gasteiger partial charge in [-0.2, -0.15) is 0 Å². The van der Waals surface area contributed by atoms with Crippen LogP contribution in [-0.4, -0.2) is 41.7 Å². The van der Waals surface area contributed by atoms with Crippen LogP contribution < -0.4 is 5.32 Å². The van der Waals surface area contributed by atoms with E-state index >= 15 is 0 Å². The van der Waals surface area contributed by atoms with Gasteiger partial charge in [-0.1, -0.05) is 17.7 Å². The fourth-order valence-corrected chi connectivity index (χ4v) is 2.50. The molecule has 0 spiro atoms. The average Bonchev–Trinajstić information content (AvgIpc) is 2.21. The Kier molecular flexibility index (Phi) is 3.90. The Morgan fingerprint density at radius 3 is 2.72 bits per heavy atom. The lowest BCUT2D eigenvalue weighted by molar-refractivity contribution is -0.119. The fourth-order valence-electron chi connectivity index (χ4n) is 2.13. The molecule has 1 aromatic rings. The lowest BCUT2D eigenvalue weighted by Crippen LogP contribution is -2.53. The Bertz CT molecular complexity index is 447. The summed E-state index contributed by atoms with van der Waals surface area (Å²) in [6.07, 6.45) is -0.289. The summed E-state index contributed by atoms with van der Waals surface area (Å²) in [4.78, 5) is 13.7. The van der Waals surface area contributed by atoms with E-state index in [0.29, 0.717) is 30.3 Å². The molecule has 2 N–H and O–H groups in total. The maximum absolute atomic E-state index is 11.8. The summed E-state index contributed by atoms with van der Waals surface area (Å²) in [5, 5.41) is 12.5. The zero-order chi connectivity index (χ0) is 13.3. The van der Waals surface area contributed by atoms with Crippen LogP contribution in [0.5, 0.6) is 0 Å². The lowest BCUT2D eigenvalue weighted by atomic mass is 10.1. The minimum absolute atomic E-state index is 0.101. The number of hydrogen-bond acceptors (Lipinski definition) is 3. The fraction of sp³-hybridized carbons (Fsp3) is 0.462. The molecule has 0 aromatic heterocycles. The third kappa shape index (κ3) is 3.02. The van der Waals surface area contributed by atoms with E-state index in [0.717, 1.165) is 11.1 Å². The van der Waals surface area contributed by atoms with E-state index in [1.54, 1.807) is 0 Å². The number of benzene rings is 1. The van der Waals surface area contributed by atoms with Gasteiger partial charge in [-0.25, -0.2) is 0 Å². The summed E-state index contributed by atoms with van der Waals surface area (Å²) >= 11 is 6.12. The molecule has 2 rings (SSSR count). The molecule has 0 saturated carbocycles. The van der Waals surface area contributed by atoms with E-state index in [1.165, 1.54) is 0 Å². The first-order chi connectivity index (χ1) is 8.45. The van der Waals surface area contributed by atoms with Crippen LogP contribution in [0.4, 0.5) is 5.69 Å². The van der Waals surface area contributed by atoms with Gasteiger partial charge in [0.25, 0.3) is 0 Å². The number of aryl methyl sites for hydroxylation is 2. The van der Waals surface area contributed by atoms with E-state index in [-0.39, 0.29) is 12.0 Å². The van der Waals surface area contributed by atoms with Gasteiger partial charge < -0.3 is 10.4 Å². The standard InChI is InChI=1S/C13H17ClN2O2/c1-8-3-9(2)13(11(14)4-8)15-12(18)7-16-5-10(17)6-16/h3-4,10,17H,5-7H2,1-2H3,(H,15,18). The van der Waals surface area contributed by atoms with Gasteiger partial charge in [0.05, 0.1) is 23.4 Å². The molecule has 0 aliphatic carbocycles. The molecule has 18 heavy (non-hydrogen) atoms. The molecule has 5 heteroatoms. The van der Waals surface area contributed by atoms with Gasteiger partial charge in [0.15, 0.2) is 0 Å². The number of likely N-dealkylation sites (tertiary alicyclic amines) is 1. The van der Waals surface area contributed by atoms with Gasteiger partial charge in [-0.15, -0.1) is 0 Å². The predicted molar refractivity (Wildman–Crippen MR) is 72.0 cm³/mol. The molecule has 1 aliphatic heterocycles. The SMILES string of the molecule is Cc1cc(C)c(NC(=O)CN2CC(O)C2)c(Cl)c1. The highest BCUT2D eigenvalue weighted by Gasteiger charge is 2.26. The van der Waals surface area contributed by atoms with E-state index in [1.807, 2.05) is 30.9 Å². The number of amides is 1. The highest BCUT2D eigenvalue weighted by atomic mass is 35.5. The number of aliphatic hydroxyl groups excluding tert-OH is 1. The van der Waals surface area contributed by atoms with Crippen LogP contribution in [0.1, 0.15) is 11.1 Å². The number of β-amino-alcohol motifs (C(OH)–C–C–N with tert-alkyl or cyclic N) is 1. The van der Waals surface area contributed by atoms with Crippen molar-refractivity contribution in [1.82, 2.24) is 4.90 Å². The topological polar surface area (TPSA) is 52.6 Å². The first kappa shape index (κ1) is 13.3. The van der Waals surface area contributed by atoms with Gasteiger partial charge in [-0.05, 0) is 31.0 Å². The smallest absolute Gasteiger partial charge is 0.238 e. The number of carbonyl (C=O) groups excluding carboxylic acids is 1. The third-order valence-corrected chi connectivity index (χ3v) is 3.30. The second-order valence-electron chi connectivity index (χ2n) is 4.83. The molecule has 0 radical (unpaired) electrons. The first-order valence-corrected chi connectivity index (χ1v) is 6.30. The van der Waals surface area contributed by atoms with Crippen LogP contribution in [0.3, 0.4) is 0 Å². The maximum Gasteiger partial charge on any atom is 0.238 e. The van der Waals surface area contributed by atoms with Crippen LogP contribution in [0.15, 0.2) is 12.1 Å². The molecule has 1 fully saturated rings. The van der Waals surface area contributed by atoms with Crippen molar-refractivity contribution < 1.29 is 9.90 Å². The Morgan fingerprint density at radius 2 is 2.17 bits per heavy atom. The lowest BCUT2D eigenvalue weighted by Gasteiger charge is -2.35. The van der Waals surface area contributed by atoms with Gasteiger partial charge in [0, 0.05) is 13.1 Å². The molecule has 98 valence electrons. The maximum atomic E-state index is 11.8. The largest absolute Gasteiger partial charge is 0.390 e. The monoisotopic (exact) mass is 268 g/mol. The highest BCUT2D eigenvalue weighted by Crippen LogP contribution is 2.27. The van der Waals surface area contributed by atoms with Crippen molar-refractivity contribution >= 4 is 23.2 Å². The number of rotatable bonds is 3. The van der Waals surface area contributed by atoms with Gasteiger partial charge in [0.2, 0.25) is 5.91 Å². The minimum Gasteiger partial charge on any atom is -0.390 e. The number of carbonyl (C=O) groups is 1. The molecule has 1 heterocycles. The number of halogens is 1. The van der Waals surface area contributed by atoms with Gasteiger partial charge in [-0.3, -0.25) is 9.69 Å². The van der Waals surface area contributed by atoms with Crippen molar-refractivity contribution in [2.75, 3.05) is 25.0 Å². The van der Waals surface area contributed by atoms with E-state index in [4.69, 9.17) is 16.7 Å². The number of anilines is 1. The molecule has 1 aromatic carbocycles. The van der Waals surface area contributed by atoms with Crippen molar-refractivity contribution in [3.8, 4) is 0 Å². The molecule has 0 unspecified atom stereocenters. The zero-order valence-electron chi connectivity index (χ0n) is 10.5. The molecule has 1 amide bonds. The normalized spacial score (nSPS) is 16.4. The van der Waals surface area contributed by atoms with Crippen molar-refractivity contribution in [3.63, 3.8) is 0 Å². The van der Waals surface area contributed by atoms with Crippen LogP contribution in [0.2, 0.25) is 5.02 Å². The van der Waals surface area contributed by atoms with Crippen LogP contribution in [0, 0.1) is 13.8 Å². The van der Waals surface area contributed by atoms with Crippen molar-refractivity contribution in [2.45, 2.75) is 20.0 Å². The number of nitrogens with zero attached hydrogens (tertiary/aromatic N) is 1. The Balaban J connectivity index is 1.98. The molecular formula is C13H17ClN2O2. The molecule has 1 saturated heterocycles. The van der Waals surface area contributed by atoms with Crippen molar-refractivity contribution in [2.24, 2.45) is 0 Å². The second-order valence-corrected chi connectivity index (χ2v) is 5.24. The molecule has 4 nitrogen and oxygen atoms in total. The summed E-state index contributed by atoms with van der Waals surface area (Å²) in [7, 11) is 0. The van der Waals surface area contributed by atoms with E-state index in [2.05, 4.69) is 5.32 Å². The van der Waals surface area contributed by atoms with E-state index < -0.39 is 0 Å². The van der Waals surface area contributed by atoms with Gasteiger partial charge >= 0.3 is 0 Å². The predicted octanol–water partition coefficient (Wildman–Crippen LogP) is 1.57. The number of aliphatic hydroxyl groups is 1. The molecular weight excluding hydrogens is 252 g/mol. The summed E-state index contributed by atoms with van der Waals surface area (Å²) in [6, 6.07) is 3.81. The molecule has 0 bridgehead atoms. The Labute approximate surface area is 112 Å². The van der Waals surface area contributed by atoms with Crippen LogP contribution in [0.25, 0.3) is 0 Å². The second kappa shape index (κ2) is 5.26. The minimum atomic E-state index is -0.289. The summed E-state index contributed by atoms with van der Waals surface area (Å²) in [6.45, 7) is 5.30. The van der Waals surface area contributed by atoms with E-state index in [9.17, 15) is 4.79 Å². The number of nitrogens with one attached hydrogen (secondary N) is 1. The average molecular weight is 269 g/mol. The van der Waals surface area contributed by atoms with Crippen LogP contribution >= 0.6 is 11.6 Å². The zero-order valence-corrected chi connectivity index (χ0v) is 11.3. The van der Waals surface area contributed by atoms with Crippen molar-refractivity contribution in [3.05, 3.63) is 28.3 Å². The number of hydrogen-bond donors (Lipinski definition) is 2. The summed E-state index contributed by atoms with van der Waals surface area (Å²) in [5.74, 6) is -0.101. The Hall–Kier alpha value is -1.10. The summed E-state index contributed by atoms with van der Waals surface area (Å²) in [5.41, 5.74) is 2.70. The quantitative estimate of drug-likeness (QED) is 0.875. The van der Waals surface area contributed by atoms with Crippen molar-refractivity contribution in [1.29, 1.82) is 0 Å². The first-order valence-electron chi connectivity index (χ1n) is 5.92. The molecule has 0 atom stereocenters. The third-order valence-electron chi connectivity index (χ3n) is 3.00. The highest BCUT2D eigenvalue weighted by molar-refractivity contribution is 6.34. The van der Waals surface area contributed by atoms with Gasteiger partial charge in [0.1, 0.15) is 0 Å².